The van der Waals surface area contributed by atoms with Crippen molar-refractivity contribution in [1.29, 1.82) is 0 Å². The SMILES string of the molecule is CCN(CCCO)c1ncc[nH]c1=O. The van der Waals surface area contributed by atoms with Crippen LogP contribution in [0.25, 0.3) is 0 Å². The summed E-state index contributed by atoms with van der Waals surface area (Å²) >= 11 is 0. The van der Waals surface area contributed by atoms with Crippen LogP contribution < -0.4 is 10.5 Å². The first-order chi connectivity index (χ1) is 6.79. The number of aromatic amines is 1. The quantitative estimate of drug-likeness (QED) is 0.696. The van der Waals surface area contributed by atoms with Gasteiger partial charge in [-0.25, -0.2) is 4.98 Å². The molecule has 5 nitrogen and oxygen atoms in total. The van der Waals surface area contributed by atoms with E-state index in [2.05, 4.69) is 9.97 Å². The van der Waals surface area contributed by atoms with Gasteiger partial charge < -0.3 is 15.0 Å². The average Bonchev–Trinajstić information content (AvgIpc) is 2.21. The molecular weight excluding hydrogens is 182 g/mol. The smallest absolute Gasteiger partial charge is 0.290 e. The van der Waals surface area contributed by atoms with Crippen LogP contribution in [0, 0.1) is 0 Å². The van der Waals surface area contributed by atoms with E-state index in [1.165, 1.54) is 6.20 Å². The monoisotopic (exact) mass is 197 g/mol. The minimum atomic E-state index is -0.188. The maximum absolute atomic E-state index is 11.4. The molecule has 0 radical (unpaired) electrons. The molecule has 0 unspecified atom stereocenters. The third-order valence-corrected chi connectivity index (χ3v) is 1.96. The van der Waals surface area contributed by atoms with Crippen LogP contribution in [0.2, 0.25) is 0 Å². The molecule has 78 valence electrons. The molecule has 1 heterocycles. The summed E-state index contributed by atoms with van der Waals surface area (Å²) in [5.41, 5.74) is -0.188. The van der Waals surface area contributed by atoms with Gasteiger partial charge in [-0.2, -0.15) is 0 Å². The molecule has 0 aliphatic rings. The van der Waals surface area contributed by atoms with Gasteiger partial charge in [-0.15, -0.1) is 0 Å². The van der Waals surface area contributed by atoms with Crippen molar-refractivity contribution in [1.82, 2.24) is 9.97 Å². The first kappa shape index (κ1) is 10.7. The van der Waals surface area contributed by atoms with Gasteiger partial charge in [-0.05, 0) is 13.3 Å². The van der Waals surface area contributed by atoms with Gasteiger partial charge in [0.25, 0.3) is 5.56 Å². The molecule has 0 aromatic carbocycles. The van der Waals surface area contributed by atoms with E-state index in [4.69, 9.17) is 5.11 Å². The van der Waals surface area contributed by atoms with Gasteiger partial charge in [-0.1, -0.05) is 0 Å². The van der Waals surface area contributed by atoms with Crippen LogP contribution in [-0.4, -0.2) is 34.8 Å². The Morgan fingerprint density at radius 1 is 1.64 bits per heavy atom. The number of aliphatic hydroxyl groups excluding tert-OH is 1. The number of nitrogens with one attached hydrogen (secondary N) is 1. The second-order valence-electron chi connectivity index (χ2n) is 2.90. The number of H-pyrrole nitrogens is 1. The lowest BCUT2D eigenvalue weighted by Gasteiger charge is -2.19. The fourth-order valence-corrected chi connectivity index (χ4v) is 1.24. The van der Waals surface area contributed by atoms with Gasteiger partial charge in [0, 0.05) is 32.1 Å². The Bertz CT molecular complexity index is 324. The molecule has 0 aliphatic carbocycles. The molecule has 1 rings (SSSR count). The zero-order chi connectivity index (χ0) is 10.4. The minimum absolute atomic E-state index is 0.126. The Morgan fingerprint density at radius 3 is 3.00 bits per heavy atom. The van der Waals surface area contributed by atoms with E-state index in [1.807, 2.05) is 11.8 Å². The summed E-state index contributed by atoms with van der Waals surface area (Å²) in [4.78, 5) is 19.8. The standard InChI is InChI=1S/C9H15N3O2/c1-2-12(6-3-7-13)8-9(14)11-5-4-10-8/h4-5,13H,2-3,6-7H2,1H3,(H,11,14). The molecule has 0 bridgehead atoms. The number of rotatable bonds is 5. The molecule has 0 spiro atoms. The summed E-state index contributed by atoms with van der Waals surface area (Å²) in [6.45, 7) is 3.43. The van der Waals surface area contributed by atoms with Crippen molar-refractivity contribution in [2.75, 3.05) is 24.6 Å². The lowest BCUT2D eigenvalue weighted by molar-refractivity contribution is 0.289. The molecule has 0 aliphatic heterocycles. The van der Waals surface area contributed by atoms with Gasteiger partial charge in [0.05, 0.1) is 0 Å². The van der Waals surface area contributed by atoms with Gasteiger partial charge in [-0.3, -0.25) is 4.79 Å². The molecule has 2 N–H and O–H groups in total. The van der Waals surface area contributed by atoms with Crippen molar-refractivity contribution in [3.05, 3.63) is 22.7 Å². The molecule has 0 saturated carbocycles. The Kier molecular flexibility index (Phi) is 4.12. The van der Waals surface area contributed by atoms with Gasteiger partial charge >= 0.3 is 0 Å². The van der Waals surface area contributed by atoms with Gasteiger partial charge in [0.15, 0.2) is 5.82 Å². The molecule has 0 amide bonds. The highest BCUT2D eigenvalue weighted by molar-refractivity contribution is 5.34. The number of aliphatic hydroxyl groups is 1. The summed E-state index contributed by atoms with van der Waals surface area (Å²) in [6.07, 6.45) is 3.70. The van der Waals surface area contributed by atoms with Crippen LogP contribution in [0.4, 0.5) is 5.82 Å². The number of aromatic nitrogens is 2. The molecule has 1 aromatic rings. The van der Waals surface area contributed by atoms with Crippen LogP contribution in [0.1, 0.15) is 13.3 Å². The van der Waals surface area contributed by atoms with E-state index in [-0.39, 0.29) is 12.2 Å². The Morgan fingerprint density at radius 2 is 2.43 bits per heavy atom. The number of nitrogens with zero attached hydrogens (tertiary/aromatic N) is 2. The molecule has 5 heteroatoms. The third-order valence-electron chi connectivity index (χ3n) is 1.96. The number of hydrogen-bond acceptors (Lipinski definition) is 4. The van der Waals surface area contributed by atoms with E-state index < -0.39 is 0 Å². The molecular formula is C9H15N3O2. The molecule has 1 aromatic heterocycles. The number of anilines is 1. The zero-order valence-electron chi connectivity index (χ0n) is 8.23. The van der Waals surface area contributed by atoms with Crippen molar-refractivity contribution >= 4 is 5.82 Å². The summed E-state index contributed by atoms with van der Waals surface area (Å²) in [5.74, 6) is 0.420. The van der Waals surface area contributed by atoms with Gasteiger partial charge in [0.1, 0.15) is 0 Å². The predicted octanol–water partition coefficient (Wildman–Crippen LogP) is -0.0214. The topological polar surface area (TPSA) is 69.2 Å². The van der Waals surface area contributed by atoms with Gasteiger partial charge in [0.2, 0.25) is 0 Å². The number of hydrogen-bond donors (Lipinski definition) is 2. The van der Waals surface area contributed by atoms with E-state index in [1.54, 1.807) is 6.20 Å². The normalized spacial score (nSPS) is 10.1. The summed E-state index contributed by atoms with van der Waals surface area (Å²) in [6, 6.07) is 0. The summed E-state index contributed by atoms with van der Waals surface area (Å²) < 4.78 is 0. The average molecular weight is 197 g/mol. The first-order valence-electron chi connectivity index (χ1n) is 4.69. The molecule has 0 atom stereocenters. The lowest BCUT2D eigenvalue weighted by atomic mass is 10.4. The van der Waals surface area contributed by atoms with Crippen LogP contribution in [-0.2, 0) is 0 Å². The summed E-state index contributed by atoms with van der Waals surface area (Å²) in [7, 11) is 0. The summed E-state index contributed by atoms with van der Waals surface area (Å²) in [5, 5.41) is 8.69. The van der Waals surface area contributed by atoms with Crippen molar-refractivity contribution in [3.8, 4) is 0 Å². The first-order valence-corrected chi connectivity index (χ1v) is 4.69. The van der Waals surface area contributed by atoms with Crippen LogP contribution in [0.15, 0.2) is 17.2 Å². The fourth-order valence-electron chi connectivity index (χ4n) is 1.24. The molecule has 14 heavy (non-hydrogen) atoms. The minimum Gasteiger partial charge on any atom is -0.396 e. The van der Waals surface area contributed by atoms with Crippen LogP contribution >= 0.6 is 0 Å². The predicted molar refractivity (Wildman–Crippen MR) is 54.4 cm³/mol. The molecule has 0 fully saturated rings. The maximum atomic E-state index is 11.4. The van der Waals surface area contributed by atoms with Crippen LogP contribution in [0.5, 0.6) is 0 Å². The van der Waals surface area contributed by atoms with Crippen molar-refractivity contribution in [2.24, 2.45) is 0 Å². The lowest BCUT2D eigenvalue weighted by Crippen LogP contribution is -2.31. The second kappa shape index (κ2) is 5.39. The highest BCUT2D eigenvalue weighted by Gasteiger charge is 2.08. The van der Waals surface area contributed by atoms with Crippen molar-refractivity contribution in [3.63, 3.8) is 0 Å². The van der Waals surface area contributed by atoms with Crippen molar-refractivity contribution in [2.45, 2.75) is 13.3 Å². The largest absolute Gasteiger partial charge is 0.396 e. The third kappa shape index (κ3) is 2.56. The second-order valence-corrected chi connectivity index (χ2v) is 2.90. The van der Waals surface area contributed by atoms with Crippen molar-refractivity contribution < 1.29 is 5.11 Å². The fraction of sp³-hybridized carbons (Fsp3) is 0.556. The zero-order valence-corrected chi connectivity index (χ0v) is 8.23. The van der Waals surface area contributed by atoms with E-state index >= 15 is 0 Å². The van der Waals surface area contributed by atoms with E-state index in [0.717, 1.165) is 0 Å². The molecule has 0 saturated heterocycles. The maximum Gasteiger partial charge on any atom is 0.290 e. The van der Waals surface area contributed by atoms with E-state index in [9.17, 15) is 4.79 Å². The Balaban J connectivity index is 2.78. The highest BCUT2D eigenvalue weighted by atomic mass is 16.3. The van der Waals surface area contributed by atoms with E-state index in [0.29, 0.717) is 25.3 Å². The Labute approximate surface area is 82.4 Å². The highest BCUT2D eigenvalue weighted by Crippen LogP contribution is 2.02. The Hall–Kier alpha value is -1.36. The van der Waals surface area contributed by atoms with Crippen LogP contribution in [0.3, 0.4) is 0 Å².